The Balaban J connectivity index is 2.60. The lowest BCUT2D eigenvalue weighted by atomic mass is 9.85. The van der Waals surface area contributed by atoms with Crippen molar-refractivity contribution >= 4 is 12.1 Å². The third-order valence-electron chi connectivity index (χ3n) is 4.12. The molecule has 1 aromatic rings. The molecule has 0 amide bonds. The number of aromatic nitrogens is 1. The zero-order chi connectivity index (χ0) is 18.1. The van der Waals surface area contributed by atoms with Crippen LogP contribution in [0.5, 0.6) is 0 Å². The molecule has 0 bridgehead atoms. The largest absolute Gasteiger partial charge is 0.510 e. The van der Waals surface area contributed by atoms with Crippen LogP contribution in [0, 0.1) is 6.92 Å². The Morgan fingerprint density at radius 2 is 2.04 bits per heavy atom. The topological polar surface area (TPSA) is 83.8 Å². The predicted molar refractivity (Wildman–Crippen MR) is 85.6 cm³/mol. The lowest BCUT2D eigenvalue weighted by Crippen LogP contribution is -2.48. The van der Waals surface area contributed by atoms with Gasteiger partial charge in [0, 0.05) is 17.8 Å². The van der Waals surface area contributed by atoms with Gasteiger partial charge in [0.1, 0.15) is 6.61 Å². The second-order valence-corrected chi connectivity index (χ2v) is 6.00. The van der Waals surface area contributed by atoms with Crippen LogP contribution in [0.15, 0.2) is 10.9 Å². The van der Waals surface area contributed by atoms with Crippen molar-refractivity contribution in [3.05, 3.63) is 33.2 Å². The van der Waals surface area contributed by atoms with Gasteiger partial charge in [-0.05, 0) is 40.2 Å². The molecule has 1 unspecified atom stereocenters. The van der Waals surface area contributed by atoms with Gasteiger partial charge < -0.3 is 18.8 Å². The highest BCUT2D eigenvalue weighted by atomic mass is 16.7. The molecule has 24 heavy (non-hydrogen) atoms. The molecule has 132 valence electrons. The summed E-state index contributed by atoms with van der Waals surface area (Å²) in [6.45, 7) is 9.06. The lowest BCUT2D eigenvalue weighted by Gasteiger charge is -2.35. The zero-order valence-corrected chi connectivity index (χ0v) is 14.7. The van der Waals surface area contributed by atoms with Crippen LogP contribution in [0.1, 0.15) is 50.9 Å². The summed E-state index contributed by atoms with van der Waals surface area (Å²) in [5.74, 6) is -0.689. The van der Waals surface area contributed by atoms with Gasteiger partial charge in [0.2, 0.25) is 5.60 Å². The number of aryl methyl sites for hydroxylation is 1. The van der Waals surface area contributed by atoms with Crippen LogP contribution >= 0.6 is 0 Å². The fraction of sp³-hybridized carbons (Fsp3) is 0.588. The first-order valence-corrected chi connectivity index (χ1v) is 8.07. The van der Waals surface area contributed by atoms with E-state index < -0.39 is 17.7 Å². The highest BCUT2D eigenvalue weighted by Crippen LogP contribution is 2.37. The second kappa shape index (κ2) is 6.67. The monoisotopic (exact) mass is 337 g/mol. The van der Waals surface area contributed by atoms with Crippen LogP contribution in [-0.4, -0.2) is 22.8 Å². The van der Waals surface area contributed by atoms with Crippen molar-refractivity contribution < 1.29 is 23.8 Å². The number of rotatable bonds is 4. The minimum absolute atomic E-state index is 0.127. The Kier molecular flexibility index (Phi) is 5.01. The first kappa shape index (κ1) is 18.0. The van der Waals surface area contributed by atoms with Gasteiger partial charge in [-0.3, -0.25) is 4.79 Å². The van der Waals surface area contributed by atoms with Crippen LogP contribution in [0.4, 0.5) is 4.79 Å². The lowest BCUT2D eigenvalue weighted by molar-refractivity contribution is -0.176. The van der Waals surface area contributed by atoms with Gasteiger partial charge in [0.15, 0.2) is 0 Å². The van der Waals surface area contributed by atoms with Crippen molar-refractivity contribution in [1.82, 2.24) is 4.57 Å². The Labute approximate surface area is 140 Å². The minimum atomic E-state index is -1.66. The Hall–Kier alpha value is -2.31. The number of esters is 1. The number of hydrogen-bond acceptors (Lipinski definition) is 6. The third-order valence-corrected chi connectivity index (χ3v) is 4.12. The molecule has 0 radical (unpaired) electrons. The average molecular weight is 337 g/mol. The molecule has 0 spiro atoms. The van der Waals surface area contributed by atoms with E-state index in [0.29, 0.717) is 23.4 Å². The smallest absolute Gasteiger partial charge is 0.457 e. The van der Waals surface area contributed by atoms with Gasteiger partial charge in [-0.25, -0.2) is 9.59 Å². The molecule has 0 saturated heterocycles. The number of cyclic esters (lactones) is 1. The number of ether oxygens (including phenoxy) is 3. The normalized spacial score (nSPS) is 19.7. The first-order valence-electron chi connectivity index (χ1n) is 8.07. The van der Waals surface area contributed by atoms with Gasteiger partial charge in [-0.1, -0.05) is 6.92 Å². The summed E-state index contributed by atoms with van der Waals surface area (Å²) in [5.41, 5.74) is -0.486. The quantitative estimate of drug-likeness (QED) is 0.785. The van der Waals surface area contributed by atoms with Crippen LogP contribution in [0.25, 0.3) is 0 Å². The third kappa shape index (κ3) is 2.90. The molecular formula is C17H23NO6. The van der Waals surface area contributed by atoms with Crippen molar-refractivity contribution in [2.75, 3.05) is 0 Å². The molecule has 7 nitrogen and oxygen atoms in total. The molecule has 0 fully saturated rings. The maximum absolute atomic E-state index is 12.6. The summed E-state index contributed by atoms with van der Waals surface area (Å²) in [6, 6.07) is 1.72. The fourth-order valence-electron chi connectivity index (χ4n) is 2.93. The molecule has 0 aliphatic carbocycles. The maximum Gasteiger partial charge on any atom is 0.510 e. The molecule has 1 atom stereocenters. The molecule has 2 rings (SSSR count). The fourth-order valence-corrected chi connectivity index (χ4v) is 2.93. The van der Waals surface area contributed by atoms with E-state index in [-0.39, 0.29) is 24.7 Å². The maximum atomic E-state index is 12.6. The molecule has 0 saturated carbocycles. The van der Waals surface area contributed by atoms with Crippen LogP contribution in [0.2, 0.25) is 0 Å². The van der Waals surface area contributed by atoms with Gasteiger partial charge in [-0.2, -0.15) is 0 Å². The van der Waals surface area contributed by atoms with Crippen molar-refractivity contribution in [3.63, 3.8) is 0 Å². The molecular weight excluding hydrogens is 314 g/mol. The van der Waals surface area contributed by atoms with E-state index in [0.717, 1.165) is 0 Å². The van der Waals surface area contributed by atoms with Gasteiger partial charge in [0.05, 0.1) is 11.7 Å². The molecule has 0 aromatic carbocycles. The number of nitrogens with zero attached hydrogens (tertiary/aromatic N) is 1. The Morgan fingerprint density at radius 3 is 2.58 bits per heavy atom. The van der Waals surface area contributed by atoms with Crippen LogP contribution < -0.4 is 5.56 Å². The number of pyridine rings is 1. The van der Waals surface area contributed by atoms with E-state index >= 15 is 0 Å². The number of carbonyl (C=O) groups excluding carboxylic acids is 2. The average Bonchev–Trinajstić information content (AvgIpc) is 2.50. The molecule has 2 heterocycles. The number of hydrogen-bond donors (Lipinski definition) is 0. The summed E-state index contributed by atoms with van der Waals surface area (Å²) in [7, 11) is 0. The summed E-state index contributed by atoms with van der Waals surface area (Å²) in [5, 5.41) is 0. The van der Waals surface area contributed by atoms with E-state index in [9.17, 15) is 14.4 Å². The van der Waals surface area contributed by atoms with E-state index in [2.05, 4.69) is 0 Å². The van der Waals surface area contributed by atoms with Crippen molar-refractivity contribution in [3.8, 4) is 0 Å². The highest BCUT2D eigenvalue weighted by Gasteiger charge is 2.50. The second-order valence-electron chi connectivity index (χ2n) is 6.00. The minimum Gasteiger partial charge on any atom is -0.457 e. The molecule has 1 aliphatic rings. The Morgan fingerprint density at radius 1 is 1.38 bits per heavy atom. The van der Waals surface area contributed by atoms with Gasteiger partial charge in [-0.15, -0.1) is 0 Å². The molecule has 0 N–H and O–H groups in total. The highest BCUT2D eigenvalue weighted by molar-refractivity contribution is 5.85. The first-order chi connectivity index (χ1) is 11.3. The summed E-state index contributed by atoms with van der Waals surface area (Å²) < 4.78 is 17.1. The predicted octanol–water partition coefficient (Wildman–Crippen LogP) is 2.40. The summed E-state index contributed by atoms with van der Waals surface area (Å²) in [6.07, 6.45) is -1.21. The SMILES string of the molecule is CCn1c(C)cc2c(c1=O)COC(=O)C2(CC)OC(=O)OC(C)C. The summed E-state index contributed by atoms with van der Waals surface area (Å²) >= 11 is 0. The number of fused-ring (bicyclic) bond motifs is 1. The van der Waals surface area contributed by atoms with Crippen molar-refractivity contribution in [1.29, 1.82) is 0 Å². The van der Waals surface area contributed by atoms with E-state index in [1.807, 2.05) is 6.92 Å². The van der Waals surface area contributed by atoms with E-state index in [4.69, 9.17) is 14.2 Å². The zero-order valence-electron chi connectivity index (χ0n) is 14.7. The molecule has 1 aromatic heterocycles. The van der Waals surface area contributed by atoms with E-state index in [1.54, 1.807) is 38.3 Å². The summed E-state index contributed by atoms with van der Waals surface area (Å²) in [4.78, 5) is 37.1. The van der Waals surface area contributed by atoms with E-state index in [1.165, 1.54) is 0 Å². The van der Waals surface area contributed by atoms with Crippen molar-refractivity contribution in [2.45, 2.75) is 65.9 Å². The number of carbonyl (C=O) groups is 2. The van der Waals surface area contributed by atoms with Crippen molar-refractivity contribution in [2.24, 2.45) is 0 Å². The van der Waals surface area contributed by atoms with Gasteiger partial charge >= 0.3 is 12.1 Å². The Bertz CT molecular complexity index is 721. The standard InChI is InChI=1S/C17H23NO6/c1-6-17(24-16(21)23-10(3)4)13-8-11(5)18(7-2)14(19)12(13)9-22-15(17)20/h8,10H,6-7,9H2,1-5H3. The van der Waals surface area contributed by atoms with Crippen LogP contribution in [-0.2, 0) is 37.8 Å². The van der Waals surface area contributed by atoms with Gasteiger partial charge in [0.25, 0.3) is 5.56 Å². The molecule has 7 heteroatoms. The molecule has 1 aliphatic heterocycles. The van der Waals surface area contributed by atoms with Crippen LogP contribution in [0.3, 0.4) is 0 Å².